The van der Waals surface area contributed by atoms with E-state index in [-0.39, 0.29) is 19.6 Å². The highest BCUT2D eigenvalue weighted by atomic mass is 32.1. The van der Waals surface area contributed by atoms with Gasteiger partial charge >= 0.3 is 6.09 Å². The van der Waals surface area contributed by atoms with Gasteiger partial charge in [0.25, 0.3) is 0 Å². The molecule has 2 rings (SSSR count). The van der Waals surface area contributed by atoms with Gasteiger partial charge in [-0.3, -0.25) is 0 Å². The second kappa shape index (κ2) is 11.0. The van der Waals surface area contributed by atoms with Crippen molar-refractivity contribution in [3.8, 4) is 0 Å². The average molecular weight is 378 g/mol. The lowest BCUT2D eigenvalue weighted by Gasteiger charge is -2.18. The Morgan fingerprint density at radius 1 is 1.23 bits per heavy atom. The van der Waals surface area contributed by atoms with E-state index in [9.17, 15) is 15.0 Å². The molecule has 6 heteroatoms. The smallest absolute Gasteiger partial charge is 0.407 e. The molecule has 1 aromatic heterocycles. The van der Waals surface area contributed by atoms with Crippen molar-refractivity contribution >= 4 is 17.4 Å². The minimum absolute atomic E-state index is 0.202. The van der Waals surface area contributed by atoms with Crippen molar-refractivity contribution in [2.75, 3.05) is 6.54 Å². The Labute approximate surface area is 158 Å². The van der Waals surface area contributed by atoms with Crippen molar-refractivity contribution < 1.29 is 19.7 Å². The molecule has 0 fully saturated rings. The number of alkyl carbamates (subject to hydrolysis) is 1. The van der Waals surface area contributed by atoms with Gasteiger partial charge in [-0.2, -0.15) is 0 Å². The molecule has 1 heterocycles. The van der Waals surface area contributed by atoms with Crippen LogP contribution in [0.5, 0.6) is 0 Å². The first-order chi connectivity index (χ1) is 12.6. The number of unbranched alkanes of at least 4 members (excludes halogenated alkanes) is 1. The largest absolute Gasteiger partial charge is 0.445 e. The number of thiophene rings is 1. The molecule has 142 valence electrons. The minimum Gasteiger partial charge on any atom is -0.445 e. The molecule has 1 amide bonds. The van der Waals surface area contributed by atoms with Crippen LogP contribution in [0.15, 0.2) is 41.8 Å². The lowest BCUT2D eigenvalue weighted by atomic mass is 10.0. The van der Waals surface area contributed by atoms with Gasteiger partial charge in [0.15, 0.2) is 0 Å². The summed E-state index contributed by atoms with van der Waals surface area (Å²) < 4.78 is 5.11. The van der Waals surface area contributed by atoms with Gasteiger partial charge in [0, 0.05) is 11.4 Å². The molecule has 0 saturated heterocycles. The maximum Gasteiger partial charge on any atom is 0.407 e. The molecular weight excluding hydrogens is 350 g/mol. The molecule has 0 spiro atoms. The van der Waals surface area contributed by atoms with Gasteiger partial charge in [-0.25, -0.2) is 4.79 Å². The zero-order valence-corrected chi connectivity index (χ0v) is 15.9. The van der Waals surface area contributed by atoms with Crippen LogP contribution in [0.1, 0.15) is 48.3 Å². The second-order valence-corrected chi connectivity index (χ2v) is 7.15. The number of rotatable bonds is 10. The van der Waals surface area contributed by atoms with Crippen LogP contribution in [0.2, 0.25) is 0 Å². The first-order valence-corrected chi connectivity index (χ1v) is 9.86. The number of aliphatic hydroxyl groups is 2. The highest BCUT2D eigenvalue weighted by Crippen LogP contribution is 2.29. The van der Waals surface area contributed by atoms with Gasteiger partial charge in [0.05, 0.1) is 6.10 Å². The number of nitrogens with one attached hydrogen (secondary N) is 1. The molecule has 0 bridgehead atoms. The number of carbonyl (C=O) groups excluding carboxylic acids is 1. The van der Waals surface area contributed by atoms with Gasteiger partial charge in [-0.05, 0) is 41.8 Å². The summed E-state index contributed by atoms with van der Waals surface area (Å²) >= 11 is 1.46. The van der Waals surface area contributed by atoms with Crippen molar-refractivity contribution in [1.82, 2.24) is 5.32 Å². The van der Waals surface area contributed by atoms with Crippen LogP contribution >= 0.6 is 11.3 Å². The normalized spacial score (nSPS) is 13.2. The molecule has 0 aliphatic heterocycles. The van der Waals surface area contributed by atoms with Crippen LogP contribution in [0.3, 0.4) is 0 Å². The predicted octanol–water partition coefficient (Wildman–Crippen LogP) is 3.80. The van der Waals surface area contributed by atoms with E-state index < -0.39 is 18.3 Å². The number of hydrogen-bond acceptors (Lipinski definition) is 5. The van der Waals surface area contributed by atoms with Crippen molar-refractivity contribution in [1.29, 1.82) is 0 Å². The molecule has 0 aliphatic carbocycles. The Bertz CT molecular complexity index is 659. The van der Waals surface area contributed by atoms with Gasteiger partial charge in [0.2, 0.25) is 0 Å². The lowest BCUT2D eigenvalue weighted by Crippen LogP contribution is -2.29. The van der Waals surface area contributed by atoms with E-state index in [1.54, 1.807) is 0 Å². The molecule has 0 saturated carbocycles. The zero-order chi connectivity index (χ0) is 18.8. The third-order valence-electron chi connectivity index (χ3n) is 4.14. The van der Waals surface area contributed by atoms with Crippen molar-refractivity contribution in [2.24, 2.45) is 0 Å². The number of carbonyl (C=O) groups is 1. The Hall–Kier alpha value is -1.89. The van der Waals surface area contributed by atoms with E-state index in [2.05, 4.69) is 12.2 Å². The quantitative estimate of drug-likeness (QED) is 0.588. The van der Waals surface area contributed by atoms with Crippen LogP contribution in [-0.2, 0) is 17.8 Å². The molecule has 2 unspecified atom stereocenters. The third kappa shape index (κ3) is 6.44. The maximum absolute atomic E-state index is 11.7. The Morgan fingerprint density at radius 2 is 2.00 bits per heavy atom. The summed E-state index contributed by atoms with van der Waals surface area (Å²) in [5.41, 5.74) is 2.01. The van der Waals surface area contributed by atoms with E-state index in [1.165, 1.54) is 11.3 Å². The van der Waals surface area contributed by atoms with Gasteiger partial charge in [-0.15, -0.1) is 11.3 Å². The number of aryl methyl sites for hydroxylation is 1. The number of hydrogen-bond donors (Lipinski definition) is 3. The molecule has 5 nitrogen and oxygen atoms in total. The lowest BCUT2D eigenvalue weighted by molar-refractivity contribution is 0.0153. The Morgan fingerprint density at radius 3 is 2.73 bits per heavy atom. The number of amides is 1. The monoisotopic (exact) mass is 377 g/mol. The van der Waals surface area contributed by atoms with E-state index in [0.717, 1.165) is 35.3 Å². The predicted molar refractivity (Wildman–Crippen MR) is 103 cm³/mol. The third-order valence-corrected chi connectivity index (χ3v) is 5.17. The summed E-state index contributed by atoms with van der Waals surface area (Å²) in [6.45, 7) is 2.56. The first-order valence-electron chi connectivity index (χ1n) is 8.98. The average Bonchev–Trinajstić information content (AvgIpc) is 3.13. The minimum atomic E-state index is -0.927. The van der Waals surface area contributed by atoms with Crippen LogP contribution in [0.25, 0.3) is 0 Å². The summed E-state index contributed by atoms with van der Waals surface area (Å²) in [5, 5.41) is 25.2. The summed E-state index contributed by atoms with van der Waals surface area (Å²) in [6.07, 6.45) is 0.919. The van der Waals surface area contributed by atoms with Crippen LogP contribution in [0.4, 0.5) is 4.79 Å². The summed E-state index contributed by atoms with van der Waals surface area (Å²) in [4.78, 5) is 12.5. The van der Waals surface area contributed by atoms with E-state index in [1.807, 2.05) is 41.8 Å². The molecular formula is C20H27NO4S. The molecule has 26 heavy (non-hydrogen) atoms. The first kappa shape index (κ1) is 20.4. The van der Waals surface area contributed by atoms with Crippen LogP contribution in [0, 0.1) is 0 Å². The highest BCUT2D eigenvalue weighted by Gasteiger charge is 2.22. The molecule has 0 aliphatic rings. The van der Waals surface area contributed by atoms with Crippen molar-refractivity contribution in [3.05, 3.63) is 57.8 Å². The van der Waals surface area contributed by atoms with Crippen LogP contribution < -0.4 is 5.32 Å². The fourth-order valence-corrected chi connectivity index (χ4v) is 3.61. The highest BCUT2D eigenvalue weighted by molar-refractivity contribution is 7.10. The van der Waals surface area contributed by atoms with E-state index >= 15 is 0 Å². The zero-order valence-electron chi connectivity index (χ0n) is 15.1. The Balaban J connectivity index is 1.71. The van der Waals surface area contributed by atoms with Crippen LogP contribution in [-0.4, -0.2) is 29.0 Å². The van der Waals surface area contributed by atoms with E-state index in [0.29, 0.717) is 0 Å². The Kier molecular flexibility index (Phi) is 8.61. The number of benzene rings is 1. The van der Waals surface area contributed by atoms with Crippen molar-refractivity contribution in [2.45, 2.75) is 51.4 Å². The van der Waals surface area contributed by atoms with Gasteiger partial charge in [-0.1, -0.05) is 43.7 Å². The van der Waals surface area contributed by atoms with Gasteiger partial charge < -0.3 is 20.3 Å². The van der Waals surface area contributed by atoms with Gasteiger partial charge in [0.1, 0.15) is 12.7 Å². The molecule has 3 N–H and O–H groups in total. The summed E-state index contributed by atoms with van der Waals surface area (Å²) in [7, 11) is 0. The fourth-order valence-electron chi connectivity index (χ4n) is 2.61. The standard InChI is InChI=1S/C20H27NO4S/c1-2-3-9-16-11-13-26-19(16)18(23)17(22)10-12-21-20(24)25-14-15-7-5-4-6-8-15/h4-8,11,13,17-18,22-23H,2-3,9-10,12,14H2,1H3,(H,21,24). The summed E-state index contributed by atoms with van der Waals surface area (Å²) in [5.74, 6) is 0. The second-order valence-electron chi connectivity index (χ2n) is 6.20. The SMILES string of the molecule is CCCCc1ccsc1C(O)C(O)CCNC(=O)OCc1ccccc1. The molecule has 1 aromatic carbocycles. The molecule has 2 aromatic rings. The van der Waals surface area contributed by atoms with E-state index in [4.69, 9.17) is 4.74 Å². The maximum atomic E-state index is 11.7. The number of ether oxygens (including phenoxy) is 1. The molecule has 2 atom stereocenters. The topological polar surface area (TPSA) is 78.8 Å². The number of aliphatic hydroxyl groups excluding tert-OH is 2. The van der Waals surface area contributed by atoms with Crippen molar-refractivity contribution in [3.63, 3.8) is 0 Å². The summed E-state index contributed by atoms with van der Waals surface area (Å²) in [6, 6.07) is 11.4. The molecule has 0 radical (unpaired) electrons. The fraction of sp³-hybridized carbons (Fsp3) is 0.450.